The number of fused-ring (bicyclic) bond motifs is 1. The molecule has 2 fully saturated rings. The summed E-state index contributed by atoms with van der Waals surface area (Å²) in [5.41, 5.74) is 10.9. The highest BCUT2D eigenvalue weighted by Crippen LogP contribution is 2.48. The average molecular weight is 626 g/mol. The van der Waals surface area contributed by atoms with E-state index in [4.69, 9.17) is 5.73 Å². The highest BCUT2D eigenvalue weighted by atomic mass is 16.2. The van der Waals surface area contributed by atoms with Crippen molar-refractivity contribution in [1.29, 1.82) is 0 Å². The summed E-state index contributed by atoms with van der Waals surface area (Å²) in [4.78, 5) is 47.6. The molecule has 0 bridgehead atoms. The third kappa shape index (κ3) is 6.08. The Labute approximate surface area is 274 Å². The van der Waals surface area contributed by atoms with Crippen LogP contribution in [0.2, 0.25) is 0 Å². The highest BCUT2D eigenvalue weighted by Gasteiger charge is 2.47. The quantitative estimate of drug-likeness (QED) is 0.427. The number of para-hydroxylation sites is 2. The Morgan fingerprint density at radius 2 is 1.57 bits per heavy atom. The fraction of sp³-hybridized carbons (Fsp3) is 0.553. The number of nitrogens with zero attached hydrogens (tertiary/aromatic N) is 3. The molecule has 1 aliphatic carbocycles. The van der Waals surface area contributed by atoms with Crippen LogP contribution in [0.25, 0.3) is 0 Å². The maximum Gasteiger partial charge on any atom is 0.242 e. The number of hydrogen-bond acceptors (Lipinski definition) is 6. The van der Waals surface area contributed by atoms with Gasteiger partial charge in [-0.05, 0) is 79.3 Å². The minimum absolute atomic E-state index is 0.00420. The van der Waals surface area contributed by atoms with E-state index in [0.717, 1.165) is 60.6 Å². The molecular weight excluding hydrogens is 574 g/mol. The van der Waals surface area contributed by atoms with E-state index < -0.39 is 11.6 Å². The Morgan fingerprint density at radius 1 is 0.913 bits per heavy atom. The molecule has 1 atom stereocenters. The zero-order valence-electron chi connectivity index (χ0n) is 28.3. The minimum Gasteiger partial charge on any atom is -0.368 e. The lowest BCUT2D eigenvalue weighted by molar-refractivity contribution is -0.141. The lowest BCUT2D eigenvalue weighted by Gasteiger charge is -2.48. The lowest BCUT2D eigenvalue weighted by atomic mass is 9.73. The number of hydrogen-bond donors (Lipinski definition) is 2. The third-order valence-electron chi connectivity index (χ3n) is 10.8. The summed E-state index contributed by atoms with van der Waals surface area (Å²) in [6, 6.07) is 16.2. The number of likely N-dealkylation sites (tertiary alicyclic amines) is 2. The van der Waals surface area contributed by atoms with Crippen LogP contribution >= 0.6 is 0 Å². The number of benzene rings is 2. The van der Waals surface area contributed by atoms with E-state index in [1.54, 1.807) is 0 Å². The standard InChI is InChI=1S/C38H51N5O3/c1-36(2,3)27-15-13-26(14-16-27)34-33-29(23-37(4,5)24-31(33)44)40-28-11-7-8-12-30(28)43(34)25-32(45)41-21-17-38(18-22-41,35(39)46)42-19-9-6-10-20-42/h7-8,11-16,34,40H,6,9-10,17-25H2,1-5H3,(H2,39,46). The molecule has 2 aromatic rings. The van der Waals surface area contributed by atoms with Crippen molar-refractivity contribution in [2.75, 3.05) is 42.9 Å². The van der Waals surface area contributed by atoms with Crippen molar-refractivity contribution in [2.45, 2.75) is 96.6 Å². The molecular formula is C38H51N5O3. The predicted octanol–water partition coefficient (Wildman–Crippen LogP) is 5.93. The van der Waals surface area contributed by atoms with Crippen LogP contribution < -0.4 is 16.0 Å². The number of rotatable bonds is 5. The van der Waals surface area contributed by atoms with Gasteiger partial charge in [0, 0.05) is 30.8 Å². The molecule has 6 rings (SSSR count). The van der Waals surface area contributed by atoms with Crippen LogP contribution in [-0.2, 0) is 19.8 Å². The van der Waals surface area contributed by atoms with Gasteiger partial charge >= 0.3 is 0 Å². The van der Waals surface area contributed by atoms with Crippen LogP contribution in [0, 0.1) is 5.41 Å². The fourth-order valence-electron chi connectivity index (χ4n) is 8.15. The number of carbonyl (C=O) groups is 3. The second-order valence-corrected chi connectivity index (χ2v) is 15.7. The topological polar surface area (TPSA) is 99.0 Å². The van der Waals surface area contributed by atoms with Crippen molar-refractivity contribution >= 4 is 29.0 Å². The summed E-state index contributed by atoms with van der Waals surface area (Å²) < 4.78 is 0. The lowest BCUT2D eigenvalue weighted by Crippen LogP contribution is -2.64. The number of ketones is 1. The van der Waals surface area contributed by atoms with E-state index in [1.807, 2.05) is 29.2 Å². The first-order valence-electron chi connectivity index (χ1n) is 17.1. The maximum atomic E-state index is 14.3. The maximum absolute atomic E-state index is 14.3. The Bertz CT molecular complexity index is 1520. The van der Waals surface area contributed by atoms with E-state index in [9.17, 15) is 14.4 Å². The van der Waals surface area contributed by atoms with E-state index in [-0.39, 0.29) is 35.0 Å². The van der Waals surface area contributed by atoms with Gasteiger partial charge < -0.3 is 20.9 Å². The molecule has 3 N–H and O–H groups in total. The van der Waals surface area contributed by atoms with E-state index in [0.29, 0.717) is 32.4 Å². The van der Waals surface area contributed by atoms with Crippen molar-refractivity contribution in [3.8, 4) is 0 Å². The van der Waals surface area contributed by atoms with Gasteiger partial charge in [0.2, 0.25) is 11.8 Å². The highest BCUT2D eigenvalue weighted by molar-refractivity contribution is 6.02. The first-order valence-corrected chi connectivity index (χ1v) is 17.1. The molecule has 46 heavy (non-hydrogen) atoms. The van der Waals surface area contributed by atoms with Crippen LogP contribution in [0.15, 0.2) is 59.8 Å². The Kier molecular flexibility index (Phi) is 8.55. The number of primary amides is 1. The molecule has 0 radical (unpaired) electrons. The Hall–Kier alpha value is -3.65. The van der Waals surface area contributed by atoms with Crippen molar-refractivity contribution in [1.82, 2.24) is 9.80 Å². The third-order valence-corrected chi connectivity index (χ3v) is 10.8. The number of allylic oxidation sites excluding steroid dienone is 1. The van der Waals surface area contributed by atoms with Crippen molar-refractivity contribution in [3.05, 3.63) is 70.9 Å². The summed E-state index contributed by atoms with van der Waals surface area (Å²) in [7, 11) is 0. The van der Waals surface area contributed by atoms with Crippen molar-refractivity contribution < 1.29 is 14.4 Å². The molecule has 0 spiro atoms. The average Bonchev–Trinajstić information content (AvgIpc) is 3.15. The number of Topliss-reactive ketones (excluding diaryl/α,β-unsaturated/α-hetero) is 1. The molecule has 1 unspecified atom stereocenters. The van der Waals surface area contributed by atoms with Gasteiger partial charge in [0.15, 0.2) is 5.78 Å². The molecule has 2 amide bonds. The van der Waals surface area contributed by atoms with Gasteiger partial charge in [0.1, 0.15) is 5.54 Å². The van der Waals surface area contributed by atoms with Crippen LogP contribution in [0.4, 0.5) is 11.4 Å². The van der Waals surface area contributed by atoms with E-state index in [2.05, 4.69) is 74.0 Å². The van der Waals surface area contributed by atoms with Gasteiger partial charge in [-0.2, -0.15) is 0 Å². The van der Waals surface area contributed by atoms with Gasteiger partial charge in [-0.15, -0.1) is 0 Å². The molecule has 2 aromatic carbocycles. The first-order chi connectivity index (χ1) is 21.8. The molecule has 3 aliphatic heterocycles. The van der Waals surface area contributed by atoms with Gasteiger partial charge in [0.05, 0.1) is 24.0 Å². The predicted molar refractivity (Wildman–Crippen MR) is 184 cm³/mol. The Morgan fingerprint density at radius 3 is 2.20 bits per heavy atom. The summed E-state index contributed by atoms with van der Waals surface area (Å²) in [5, 5.41) is 3.66. The molecule has 8 heteroatoms. The number of nitrogens with one attached hydrogen (secondary N) is 1. The monoisotopic (exact) mass is 625 g/mol. The molecule has 8 nitrogen and oxygen atoms in total. The number of amides is 2. The fourth-order valence-corrected chi connectivity index (χ4v) is 8.15. The second-order valence-electron chi connectivity index (χ2n) is 15.7. The van der Waals surface area contributed by atoms with Crippen LogP contribution in [0.3, 0.4) is 0 Å². The van der Waals surface area contributed by atoms with Crippen LogP contribution in [0.1, 0.15) is 96.7 Å². The summed E-state index contributed by atoms with van der Waals surface area (Å²) in [6.45, 7) is 13.7. The number of nitrogens with two attached hydrogens (primary N) is 1. The molecule has 0 aromatic heterocycles. The molecule has 2 saturated heterocycles. The van der Waals surface area contributed by atoms with Crippen molar-refractivity contribution in [3.63, 3.8) is 0 Å². The zero-order chi connectivity index (χ0) is 32.9. The van der Waals surface area contributed by atoms with Gasteiger partial charge in [-0.1, -0.05) is 77.4 Å². The summed E-state index contributed by atoms with van der Waals surface area (Å²) in [6.07, 6.45) is 5.64. The summed E-state index contributed by atoms with van der Waals surface area (Å²) >= 11 is 0. The van der Waals surface area contributed by atoms with Gasteiger partial charge in [-0.25, -0.2) is 0 Å². The number of carbonyl (C=O) groups excluding carboxylic acids is 3. The second kappa shape index (κ2) is 12.2. The Balaban J connectivity index is 1.36. The van der Waals surface area contributed by atoms with Crippen molar-refractivity contribution in [2.24, 2.45) is 11.1 Å². The van der Waals surface area contributed by atoms with Gasteiger partial charge in [-0.3, -0.25) is 19.3 Å². The zero-order valence-corrected chi connectivity index (χ0v) is 28.3. The van der Waals surface area contributed by atoms with E-state index >= 15 is 0 Å². The SMILES string of the molecule is CC1(C)CC(=O)C2=C(C1)Nc1ccccc1N(CC(=O)N1CCC(C(N)=O)(N3CCCCC3)CC1)C2c1ccc(C(C)(C)C)cc1. The normalized spacial score (nSPS) is 23.2. The molecule has 0 saturated carbocycles. The number of piperidine rings is 2. The largest absolute Gasteiger partial charge is 0.368 e. The first kappa shape index (κ1) is 32.3. The number of anilines is 2. The minimum atomic E-state index is -0.686. The molecule has 246 valence electrons. The van der Waals surface area contributed by atoms with Crippen LogP contribution in [0.5, 0.6) is 0 Å². The molecule has 3 heterocycles. The molecule has 4 aliphatic rings. The summed E-state index contributed by atoms with van der Waals surface area (Å²) in [5.74, 6) is -0.152. The smallest absolute Gasteiger partial charge is 0.242 e. The van der Waals surface area contributed by atoms with Crippen LogP contribution in [-0.4, -0.2) is 65.7 Å². The van der Waals surface area contributed by atoms with E-state index in [1.165, 1.54) is 12.0 Å². The van der Waals surface area contributed by atoms with Gasteiger partial charge in [0.25, 0.3) is 0 Å².